The molecule has 0 amide bonds. The molecule has 1 aliphatic rings. The normalized spacial score (nSPS) is 14.8. The summed E-state index contributed by atoms with van der Waals surface area (Å²) in [6.07, 6.45) is 5.16. The van der Waals surface area contributed by atoms with Gasteiger partial charge in [-0.2, -0.15) is 0 Å². The molecule has 5 heteroatoms. The van der Waals surface area contributed by atoms with Crippen LogP contribution in [0.2, 0.25) is 0 Å². The lowest BCUT2D eigenvalue weighted by atomic mass is 10.2. The zero-order valence-corrected chi connectivity index (χ0v) is 16.9. The molecular weight excluding hydrogens is 425 g/mol. The van der Waals surface area contributed by atoms with Gasteiger partial charge in [0.05, 0.1) is 12.6 Å². The SMILES string of the molecule is Cc1cccc(NC(N)=NCc2ccccc2OC2CCCC2)c1.I. The Bertz CT molecular complexity index is 712. The molecule has 2 aromatic rings. The van der Waals surface area contributed by atoms with E-state index in [4.69, 9.17) is 10.5 Å². The molecule has 2 aromatic carbocycles. The molecule has 0 unspecified atom stereocenters. The Kier molecular flexibility index (Phi) is 7.55. The Morgan fingerprint density at radius 3 is 2.68 bits per heavy atom. The molecule has 1 fully saturated rings. The van der Waals surface area contributed by atoms with Crippen LogP contribution in [0.15, 0.2) is 53.5 Å². The van der Waals surface area contributed by atoms with Crippen molar-refractivity contribution < 1.29 is 4.74 Å². The molecule has 0 radical (unpaired) electrons. The van der Waals surface area contributed by atoms with Crippen molar-refractivity contribution in [1.82, 2.24) is 0 Å². The summed E-state index contributed by atoms with van der Waals surface area (Å²) in [5, 5.41) is 3.13. The van der Waals surface area contributed by atoms with E-state index in [1.807, 2.05) is 42.5 Å². The average Bonchev–Trinajstić information content (AvgIpc) is 3.07. The van der Waals surface area contributed by atoms with Crippen LogP contribution in [0.25, 0.3) is 0 Å². The first kappa shape index (κ1) is 19.6. The molecule has 134 valence electrons. The molecule has 1 aliphatic carbocycles. The summed E-state index contributed by atoms with van der Waals surface area (Å²) in [7, 11) is 0. The smallest absolute Gasteiger partial charge is 0.193 e. The third kappa shape index (κ3) is 5.92. The third-order valence-electron chi connectivity index (χ3n) is 4.28. The highest BCUT2D eigenvalue weighted by Gasteiger charge is 2.17. The Labute approximate surface area is 166 Å². The van der Waals surface area contributed by atoms with Gasteiger partial charge in [-0.25, -0.2) is 4.99 Å². The van der Waals surface area contributed by atoms with E-state index in [0.29, 0.717) is 18.6 Å². The molecule has 0 spiro atoms. The minimum absolute atomic E-state index is 0. The number of nitrogens with one attached hydrogen (secondary N) is 1. The molecule has 0 atom stereocenters. The number of guanidine groups is 1. The highest BCUT2D eigenvalue weighted by Crippen LogP contribution is 2.27. The predicted molar refractivity (Wildman–Crippen MR) is 115 cm³/mol. The van der Waals surface area contributed by atoms with Crippen molar-refractivity contribution in [3.8, 4) is 5.75 Å². The lowest BCUT2D eigenvalue weighted by Gasteiger charge is -2.16. The largest absolute Gasteiger partial charge is 0.490 e. The molecule has 0 heterocycles. The number of halogens is 1. The zero-order chi connectivity index (χ0) is 16.8. The van der Waals surface area contributed by atoms with Crippen LogP contribution in [-0.4, -0.2) is 12.1 Å². The Morgan fingerprint density at radius 1 is 1.16 bits per heavy atom. The molecule has 1 saturated carbocycles. The maximum atomic E-state index is 6.14. The van der Waals surface area contributed by atoms with Crippen LogP contribution in [0.3, 0.4) is 0 Å². The molecule has 3 rings (SSSR count). The summed E-state index contributed by atoms with van der Waals surface area (Å²) in [4.78, 5) is 4.46. The third-order valence-corrected chi connectivity index (χ3v) is 4.28. The number of ether oxygens (including phenoxy) is 1. The van der Waals surface area contributed by atoms with Crippen LogP contribution in [0.4, 0.5) is 5.69 Å². The fraction of sp³-hybridized carbons (Fsp3) is 0.350. The molecule has 0 aromatic heterocycles. The van der Waals surface area contributed by atoms with Gasteiger partial charge in [-0.1, -0.05) is 30.3 Å². The van der Waals surface area contributed by atoms with Crippen LogP contribution in [0.5, 0.6) is 5.75 Å². The van der Waals surface area contributed by atoms with Crippen molar-refractivity contribution in [2.24, 2.45) is 10.7 Å². The number of rotatable bonds is 5. The zero-order valence-electron chi connectivity index (χ0n) is 14.6. The average molecular weight is 451 g/mol. The van der Waals surface area contributed by atoms with Crippen molar-refractivity contribution in [1.29, 1.82) is 0 Å². The van der Waals surface area contributed by atoms with Gasteiger partial charge < -0.3 is 15.8 Å². The Morgan fingerprint density at radius 2 is 1.92 bits per heavy atom. The molecule has 0 bridgehead atoms. The summed E-state index contributed by atoms with van der Waals surface area (Å²) in [6.45, 7) is 2.56. The Balaban J connectivity index is 0.00000225. The van der Waals surface area contributed by atoms with Gasteiger partial charge in [-0.05, 0) is 56.4 Å². The van der Waals surface area contributed by atoms with Gasteiger partial charge >= 0.3 is 0 Å². The first-order chi connectivity index (χ1) is 11.7. The summed E-state index contributed by atoms with van der Waals surface area (Å²) < 4.78 is 6.14. The number of aliphatic imine (C=N–C) groups is 1. The summed E-state index contributed by atoms with van der Waals surface area (Å²) >= 11 is 0. The molecule has 3 N–H and O–H groups in total. The van der Waals surface area contributed by atoms with Crippen LogP contribution in [0.1, 0.15) is 36.8 Å². The maximum Gasteiger partial charge on any atom is 0.193 e. The van der Waals surface area contributed by atoms with E-state index in [0.717, 1.165) is 29.8 Å². The molecule has 0 saturated heterocycles. The number of hydrogen-bond donors (Lipinski definition) is 2. The lowest BCUT2D eigenvalue weighted by Crippen LogP contribution is -2.22. The minimum atomic E-state index is 0. The summed E-state index contributed by atoms with van der Waals surface area (Å²) in [5.41, 5.74) is 9.22. The molecular formula is C20H26IN3O. The van der Waals surface area contributed by atoms with Gasteiger partial charge in [0.2, 0.25) is 0 Å². The summed E-state index contributed by atoms with van der Waals surface area (Å²) in [5.74, 6) is 1.34. The number of nitrogens with two attached hydrogens (primary N) is 1. The molecule has 25 heavy (non-hydrogen) atoms. The van der Waals surface area contributed by atoms with Gasteiger partial charge in [0, 0.05) is 11.3 Å². The fourth-order valence-corrected chi connectivity index (χ4v) is 3.02. The standard InChI is InChI=1S/C20H25N3O.HI/c1-15-7-6-9-17(13-15)23-20(21)22-14-16-8-2-5-12-19(16)24-18-10-3-4-11-18;/h2,5-9,12-13,18H,3-4,10-11,14H2,1H3,(H3,21,22,23);1H. The van der Waals surface area contributed by atoms with Gasteiger partial charge in [0.25, 0.3) is 0 Å². The monoisotopic (exact) mass is 451 g/mol. The predicted octanol–water partition coefficient (Wildman–Crippen LogP) is 4.86. The number of nitrogens with zero attached hydrogens (tertiary/aromatic N) is 1. The van der Waals surface area contributed by atoms with Crippen molar-refractivity contribution in [2.45, 2.75) is 45.3 Å². The van der Waals surface area contributed by atoms with E-state index < -0.39 is 0 Å². The lowest BCUT2D eigenvalue weighted by molar-refractivity contribution is 0.208. The van der Waals surface area contributed by atoms with Crippen LogP contribution >= 0.6 is 24.0 Å². The van der Waals surface area contributed by atoms with E-state index in [1.165, 1.54) is 18.4 Å². The topological polar surface area (TPSA) is 59.6 Å². The van der Waals surface area contributed by atoms with Gasteiger partial charge in [-0.15, -0.1) is 24.0 Å². The van der Waals surface area contributed by atoms with E-state index >= 15 is 0 Å². The first-order valence-corrected chi connectivity index (χ1v) is 8.59. The highest BCUT2D eigenvalue weighted by atomic mass is 127. The minimum Gasteiger partial charge on any atom is -0.490 e. The molecule has 4 nitrogen and oxygen atoms in total. The second-order valence-corrected chi connectivity index (χ2v) is 6.33. The molecule has 0 aliphatic heterocycles. The number of aryl methyl sites for hydroxylation is 1. The van der Waals surface area contributed by atoms with E-state index in [2.05, 4.69) is 23.3 Å². The van der Waals surface area contributed by atoms with Crippen molar-refractivity contribution in [3.05, 3.63) is 59.7 Å². The quantitative estimate of drug-likeness (QED) is 0.388. The van der Waals surface area contributed by atoms with Crippen molar-refractivity contribution >= 4 is 35.6 Å². The van der Waals surface area contributed by atoms with Crippen molar-refractivity contribution in [3.63, 3.8) is 0 Å². The van der Waals surface area contributed by atoms with E-state index in [-0.39, 0.29) is 24.0 Å². The first-order valence-electron chi connectivity index (χ1n) is 8.59. The van der Waals surface area contributed by atoms with Crippen LogP contribution < -0.4 is 15.8 Å². The Hall–Kier alpha value is -1.76. The van der Waals surface area contributed by atoms with E-state index in [9.17, 15) is 0 Å². The van der Waals surface area contributed by atoms with Gasteiger partial charge in [0.1, 0.15) is 5.75 Å². The van der Waals surface area contributed by atoms with Crippen molar-refractivity contribution in [2.75, 3.05) is 5.32 Å². The second-order valence-electron chi connectivity index (χ2n) is 6.33. The fourth-order valence-electron chi connectivity index (χ4n) is 3.02. The van der Waals surface area contributed by atoms with Gasteiger partial charge in [-0.3, -0.25) is 0 Å². The van der Waals surface area contributed by atoms with Crippen LogP contribution in [-0.2, 0) is 6.54 Å². The highest BCUT2D eigenvalue weighted by molar-refractivity contribution is 14.0. The van der Waals surface area contributed by atoms with E-state index in [1.54, 1.807) is 0 Å². The number of benzene rings is 2. The number of anilines is 1. The van der Waals surface area contributed by atoms with Crippen LogP contribution in [0, 0.1) is 6.92 Å². The van der Waals surface area contributed by atoms with Gasteiger partial charge in [0.15, 0.2) is 5.96 Å². The second kappa shape index (κ2) is 9.65. The summed E-state index contributed by atoms with van der Waals surface area (Å²) in [6, 6.07) is 16.2. The maximum absolute atomic E-state index is 6.14. The number of para-hydroxylation sites is 1. The number of hydrogen-bond acceptors (Lipinski definition) is 2.